The fraction of sp³-hybridized carbons (Fsp3) is 0.235. The number of aliphatic imine (C=N–C) groups is 1. The van der Waals surface area contributed by atoms with Gasteiger partial charge in [0.1, 0.15) is 0 Å². The number of anilines is 1. The van der Waals surface area contributed by atoms with Crippen LogP contribution in [0.2, 0.25) is 5.02 Å². The molecule has 2 N–H and O–H groups in total. The first-order valence-electron chi connectivity index (χ1n) is 7.26. The van der Waals surface area contributed by atoms with Crippen molar-refractivity contribution in [3.63, 3.8) is 0 Å². The van der Waals surface area contributed by atoms with Crippen molar-refractivity contribution in [1.29, 1.82) is 0 Å². The quantitative estimate of drug-likeness (QED) is 0.799. The van der Waals surface area contributed by atoms with Crippen molar-refractivity contribution < 1.29 is 0 Å². The van der Waals surface area contributed by atoms with Gasteiger partial charge in [-0.05, 0) is 43.7 Å². The van der Waals surface area contributed by atoms with E-state index >= 15 is 0 Å². The van der Waals surface area contributed by atoms with Gasteiger partial charge in [-0.15, -0.1) is 0 Å². The summed E-state index contributed by atoms with van der Waals surface area (Å²) in [6.45, 7) is 3.72. The Hall–Kier alpha value is -2.29. The Bertz CT molecular complexity index is 788. The van der Waals surface area contributed by atoms with Crippen molar-refractivity contribution in [2.75, 3.05) is 18.4 Å². The molecule has 0 bridgehead atoms. The minimum absolute atomic E-state index is 0.705. The highest BCUT2D eigenvalue weighted by molar-refractivity contribution is 6.31. The third kappa shape index (κ3) is 3.48. The highest BCUT2D eigenvalue weighted by Gasteiger charge is 2.02. The predicted molar refractivity (Wildman–Crippen MR) is 92.6 cm³/mol. The van der Waals surface area contributed by atoms with E-state index in [9.17, 15) is 0 Å². The van der Waals surface area contributed by atoms with E-state index in [2.05, 4.69) is 26.5 Å². The Morgan fingerprint density at radius 3 is 2.86 bits per heavy atom. The van der Waals surface area contributed by atoms with Gasteiger partial charge in [0.15, 0.2) is 0 Å². The van der Waals surface area contributed by atoms with Crippen molar-refractivity contribution in [3.8, 4) is 0 Å². The molecule has 0 aliphatic carbocycles. The molecule has 0 atom stereocenters. The molecule has 0 spiro atoms. The summed E-state index contributed by atoms with van der Waals surface area (Å²) < 4.78 is 0. The number of aromatic nitrogens is 1. The monoisotopic (exact) mass is 312 g/mol. The number of fused-ring (bicyclic) bond motifs is 1. The number of allylic oxidation sites excluding steroid dienone is 2. The molecule has 0 saturated carbocycles. The van der Waals surface area contributed by atoms with Crippen molar-refractivity contribution in [2.24, 2.45) is 4.99 Å². The fourth-order valence-electron chi connectivity index (χ4n) is 2.32. The van der Waals surface area contributed by atoms with E-state index in [4.69, 9.17) is 11.6 Å². The molecule has 1 aromatic heterocycles. The molecule has 3 rings (SSSR count). The lowest BCUT2D eigenvalue weighted by Crippen LogP contribution is -2.16. The summed E-state index contributed by atoms with van der Waals surface area (Å²) in [4.78, 5) is 8.42. The summed E-state index contributed by atoms with van der Waals surface area (Å²) in [5.74, 6) is 2.94. The van der Waals surface area contributed by atoms with Gasteiger partial charge < -0.3 is 10.6 Å². The van der Waals surface area contributed by atoms with Crippen LogP contribution >= 0.6 is 11.6 Å². The first-order chi connectivity index (χ1) is 10.7. The van der Waals surface area contributed by atoms with E-state index in [1.54, 1.807) is 6.20 Å². The van der Waals surface area contributed by atoms with E-state index in [0.717, 1.165) is 47.5 Å². The molecule has 0 unspecified atom stereocenters. The van der Waals surface area contributed by atoms with Crippen molar-refractivity contribution in [1.82, 2.24) is 10.3 Å². The highest BCUT2D eigenvalue weighted by atomic mass is 35.5. The third-order valence-corrected chi connectivity index (χ3v) is 3.63. The minimum Gasteiger partial charge on any atom is -0.384 e. The van der Waals surface area contributed by atoms with Crippen LogP contribution in [0, 0.1) is 0 Å². The Morgan fingerprint density at radius 2 is 2.05 bits per heavy atom. The average molecular weight is 313 g/mol. The number of pyridine rings is 1. The number of nitrogens with one attached hydrogen (secondary N) is 2. The molecule has 2 aromatic rings. The van der Waals surface area contributed by atoms with E-state index in [1.807, 2.05) is 37.3 Å². The largest absolute Gasteiger partial charge is 0.384 e. The summed E-state index contributed by atoms with van der Waals surface area (Å²) in [5.41, 5.74) is 3.94. The molecule has 0 fully saturated rings. The molecule has 4 nitrogen and oxygen atoms in total. The molecule has 1 aromatic carbocycles. The molecule has 112 valence electrons. The van der Waals surface area contributed by atoms with Gasteiger partial charge in [-0.2, -0.15) is 0 Å². The third-order valence-electron chi connectivity index (χ3n) is 3.40. The van der Waals surface area contributed by atoms with Crippen LogP contribution in [0.15, 0.2) is 52.9 Å². The highest BCUT2D eigenvalue weighted by Crippen LogP contribution is 2.24. The SMILES string of the molecule is CC1=CC(NCCCNc2ccnc3cc(Cl)ccc23)=C=N1. The number of hydrogen-bond acceptors (Lipinski definition) is 4. The first kappa shape index (κ1) is 14.6. The summed E-state index contributed by atoms with van der Waals surface area (Å²) in [7, 11) is 0. The number of nitrogens with zero attached hydrogens (tertiary/aromatic N) is 2. The average Bonchev–Trinajstić information content (AvgIpc) is 2.92. The van der Waals surface area contributed by atoms with Crippen LogP contribution in [0.25, 0.3) is 10.9 Å². The summed E-state index contributed by atoms with van der Waals surface area (Å²) in [6, 6.07) is 7.75. The lowest BCUT2D eigenvalue weighted by Gasteiger charge is -2.10. The van der Waals surface area contributed by atoms with Gasteiger partial charge in [0, 0.05) is 41.3 Å². The fourth-order valence-corrected chi connectivity index (χ4v) is 2.49. The van der Waals surface area contributed by atoms with Crippen molar-refractivity contribution in [3.05, 3.63) is 53.0 Å². The van der Waals surface area contributed by atoms with Gasteiger partial charge in [0.05, 0.1) is 16.9 Å². The van der Waals surface area contributed by atoms with Crippen LogP contribution in [0.3, 0.4) is 0 Å². The molecule has 0 saturated heterocycles. The van der Waals surface area contributed by atoms with Crippen molar-refractivity contribution >= 4 is 34.1 Å². The lowest BCUT2D eigenvalue weighted by molar-refractivity contribution is 0.764. The first-order valence-corrected chi connectivity index (χ1v) is 7.64. The van der Waals surface area contributed by atoms with Gasteiger partial charge in [0.25, 0.3) is 0 Å². The zero-order valence-corrected chi connectivity index (χ0v) is 13.1. The summed E-state index contributed by atoms with van der Waals surface area (Å²) in [5, 5.41) is 8.55. The maximum absolute atomic E-state index is 6.00. The van der Waals surface area contributed by atoms with Gasteiger partial charge in [0.2, 0.25) is 0 Å². The minimum atomic E-state index is 0.705. The van der Waals surface area contributed by atoms with Crippen LogP contribution in [-0.4, -0.2) is 23.9 Å². The molecule has 1 aliphatic rings. The van der Waals surface area contributed by atoms with Gasteiger partial charge in [-0.1, -0.05) is 11.6 Å². The van der Waals surface area contributed by atoms with E-state index < -0.39 is 0 Å². The van der Waals surface area contributed by atoms with E-state index in [-0.39, 0.29) is 0 Å². The van der Waals surface area contributed by atoms with Crippen LogP contribution in [0.5, 0.6) is 0 Å². The molecular formula is C17H17ClN4. The molecule has 22 heavy (non-hydrogen) atoms. The molecular weight excluding hydrogens is 296 g/mol. The van der Waals surface area contributed by atoms with Gasteiger partial charge in [-0.25, -0.2) is 4.99 Å². The van der Waals surface area contributed by atoms with Crippen LogP contribution < -0.4 is 10.6 Å². The van der Waals surface area contributed by atoms with Crippen LogP contribution in [-0.2, 0) is 0 Å². The molecule has 2 heterocycles. The smallest absolute Gasteiger partial charge is 0.0988 e. The van der Waals surface area contributed by atoms with Gasteiger partial charge >= 0.3 is 0 Å². The van der Waals surface area contributed by atoms with E-state index in [1.165, 1.54) is 0 Å². The van der Waals surface area contributed by atoms with Crippen molar-refractivity contribution in [2.45, 2.75) is 13.3 Å². The number of halogens is 1. The zero-order chi connectivity index (χ0) is 15.4. The predicted octanol–water partition coefficient (Wildman–Crippen LogP) is 3.75. The molecule has 0 amide bonds. The second-order valence-electron chi connectivity index (χ2n) is 5.15. The van der Waals surface area contributed by atoms with E-state index in [0.29, 0.717) is 5.02 Å². The molecule has 1 aliphatic heterocycles. The Labute approximate surface area is 134 Å². The summed E-state index contributed by atoms with van der Waals surface area (Å²) in [6.07, 6.45) is 4.79. The topological polar surface area (TPSA) is 49.3 Å². The Morgan fingerprint density at radius 1 is 1.18 bits per heavy atom. The van der Waals surface area contributed by atoms with Crippen LogP contribution in [0.1, 0.15) is 13.3 Å². The molecule has 5 heteroatoms. The Balaban J connectivity index is 1.53. The molecule has 0 radical (unpaired) electrons. The second kappa shape index (κ2) is 6.65. The summed E-state index contributed by atoms with van der Waals surface area (Å²) >= 11 is 6.00. The van der Waals surface area contributed by atoms with Gasteiger partial charge in [-0.3, -0.25) is 4.98 Å². The number of benzene rings is 1. The number of rotatable bonds is 6. The lowest BCUT2D eigenvalue weighted by atomic mass is 10.2. The second-order valence-corrected chi connectivity index (χ2v) is 5.59. The van der Waals surface area contributed by atoms with Crippen LogP contribution in [0.4, 0.5) is 5.69 Å². The normalized spacial score (nSPS) is 13.2. The Kier molecular flexibility index (Phi) is 4.42. The zero-order valence-electron chi connectivity index (χ0n) is 12.4. The maximum atomic E-state index is 6.00. The standard InChI is InChI=1S/C17H17ClN4/c1-12-9-14(11-22-12)19-6-2-7-20-16-5-8-21-17-10-13(18)3-4-15(16)17/h3-5,8-10,19H,2,6-7H2,1H3,(H,20,21). The number of hydrogen-bond donors (Lipinski definition) is 2. The maximum Gasteiger partial charge on any atom is 0.0988 e.